The maximum atomic E-state index is 15.1. The van der Waals surface area contributed by atoms with Crippen molar-refractivity contribution < 1.29 is 37.1 Å². The lowest BCUT2D eigenvalue weighted by Crippen LogP contribution is -2.62. The summed E-state index contributed by atoms with van der Waals surface area (Å²) in [5, 5.41) is 18.4. The third-order valence-corrected chi connectivity index (χ3v) is 15.1. The third-order valence-electron chi connectivity index (χ3n) is 12.4. The summed E-state index contributed by atoms with van der Waals surface area (Å²) < 4.78 is 41.5. The molecule has 18 nitrogen and oxygen atoms in total. The summed E-state index contributed by atoms with van der Waals surface area (Å²) in [7, 11) is -0.615. The van der Waals surface area contributed by atoms with E-state index >= 15 is 4.79 Å². The van der Waals surface area contributed by atoms with Gasteiger partial charge in [0.15, 0.2) is 5.13 Å². The van der Waals surface area contributed by atoms with E-state index in [2.05, 4.69) is 33.2 Å². The number of carbonyl (C=O) groups excluding carboxylic acids is 4. The molecule has 66 heavy (non-hydrogen) atoms. The number of likely N-dealkylation sites (tertiary alicyclic amines) is 1. The van der Waals surface area contributed by atoms with E-state index in [1.54, 1.807) is 38.3 Å². The number of hydrogen-bond donors (Lipinski definition) is 5. The molecule has 3 aromatic rings. The molecule has 2 unspecified atom stereocenters. The second-order valence-corrected chi connectivity index (χ2v) is 22.8. The molecule has 0 bridgehead atoms. The summed E-state index contributed by atoms with van der Waals surface area (Å²) >= 11 is 1.45. The molecule has 1 aliphatic carbocycles. The highest BCUT2D eigenvalue weighted by atomic mass is 32.2. The van der Waals surface area contributed by atoms with Crippen molar-refractivity contribution in [2.45, 2.75) is 117 Å². The fraction of sp³-hybridized carbons (Fsp3) is 0.609. The van der Waals surface area contributed by atoms with Gasteiger partial charge in [-0.15, -0.1) is 17.9 Å². The minimum Gasteiger partial charge on any atom is -0.497 e. The molecule has 362 valence electrons. The number of anilines is 1. The van der Waals surface area contributed by atoms with Gasteiger partial charge in [0.2, 0.25) is 17.7 Å². The molecule has 0 spiro atoms. The molecule has 5 amide bonds. The van der Waals surface area contributed by atoms with Crippen LogP contribution < -0.4 is 36.1 Å². The topological polar surface area (TPSA) is 217 Å². The molecular formula is C46H68N10O8S2. The van der Waals surface area contributed by atoms with Crippen LogP contribution in [0.3, 0.4) is 0 Å². The van der Waals surface area contributed by atoms with Gasteiger partial charge in [-0.3, -0.25) is 14.4 Å². The number of pyridine rings is 1. The first kappa shape index (κ1) is 50.4. The average Bonchev–Trinajstić information content (AvgIpc) is 3.50. The van der Waals surface area contributed by atoms with Crippen molar-refractivity contribution in [3.63, 3.8) is 0 Å². The van der Waals surface area contributed by atoms with Gasteiger partial charge in [-0.2, -0.15) is 17.0 Å². The molecule has 6 atom stereocenters. The Morgan fingerprint density at radius 2 is 1.76 bits per heavy atom. The summed E-state index contributed by atoms with van der Waals surface area (Å²) in [6, 6.07) is 3.86. The smallest absolute Gasteiger partial charge is 0.315 e. The summed E-state index contributed by atoms with van der Waals surface area (Å²) in [6.07, 6.45) is 1.98. The molecule has 3 fully saturated rings. The molecule has 6 rings (SSSR count). The molecule has 3 aliphatic rings. The van der Waals surface area contributed by atoms with Crippen LogP contribution in [-0.4, -0.2) is 138 Å². The fourth-order valence-corrected chi connectivity index (χ4v) is 10.7. The number of hydrogen-bond acceptors (Lipinski definition) is 12. The molecule has 5 N–H and O–H groups in total. The maximum absolute atomic E-state index is 15.1. The second kappa shape index (κ2) is 19.7. The van der Waals surface area contributed by atoms with Crippen molar-refractivity contribution in [1.29, 1.82) is 0 Å². The molecule has 2 aliphatic heterocycles. The van der Waals surface area contributed by atoms with E-state index < -0.39 is 68.7 Å². The number of rotatable bonds is 16. The monoisotopic (exact) mass is 952 g/mol. The summed E-state index contributed by atoms with van der Waals surface area (Å²) in [4.78, 5) is 68.4. The van der Waals surface area contributed by atoms with Crippen molar-refractivity contribution in [3.05, 3.63) is 42.3 Å². The maximum Gasteiger partial charge on any atom is 0.315 e. The van der Waals surface area contributed by atoms with E-state index in [4.69, 9.17) is 19.4 Å². The molecule has 4 heterocycles. The Labute approximate surface area is 393 Å². The van der Waals surface area contributed by atoms with Crippen LogP contribution in [0, 0.1) is 16.7 Å². The van der Waals surface area contributed by atoms with Crippen LogP contribution in [0.5, 0.6) is 11.5 Å². The number of benzene rings is 1. The van der Waals surface area contributed by atoms with E-state index in [0.717, 1.165) is 5.13 Å². The summed E-state index contributed by atoms with van der Waals surface area (Å²) in [5.74, 6) is -0.674. The number of likely N-dealkylation sites (N-methyl/N-ethyl adjacent to an activating group) is 1. The van der Waals surface area contributed by atoms with Gasteiger partial charge in [-0.25, -0.2) is 14.8 Å². The van der Waals surface area contributed by atoms with E-state index in [-0.39, 0.29) is 37.4 Å². The van der Waals surface area contributed by atoms with E-state index in [0.29, 0.717) is 66.3 Å². The number of carbonyl (C=O) groups is 4. The lowest BCUT2D eigenvalue weighted by Gasteiger charge is -2.40. The standard InChI is InChI=1S/C46H68N10O8S2/c1-13-28-23-46(28,41(59)47-14-2)53-39(57)35-21-30(64-36-22-33(34-26-65-43(50-34)48-27(3)4)49-32-20-29(63-12)16-17-31(32)36)24-56(35)40(58)38(45(8,9)10)52-42(60)51-37(44(5,6)7)25-55-19-15-18-54(11)66(55,61)62/h13,16-17,20,22,26-28,30,35,37-38H,1,14-15,18-19,21,23-25H2,2-12H3,(H,47,59)(H,48,50)(H,53,57)(H2,51,52,60)/t28?,30-,35+,37?,38-,46-/m1/s1. The van der Waals surface area contributed by atoms with Gasteiger partial charge in [0.05, 0.1) is 24.9 Å². The molecule has 2 aromatic heterocycles. The highest BCUT2D eigenvalue weighted by Gasteiger charge is 2.60. The Hall–Kier alpha value is -5.05. The minimum atomic E-state index is -3.72. The second-order valence-electron chi connectivity index (χ2n) is 20.0. The number of ether oxygens (including phenoxy) is 2. The first-order valence-corrected chi connectivity index (χ1v) is 24.9. The first-order valence-electron chi connectivity index (χ1n) is 22.6. The average molecular weight is 953 g/mol. The quantitative estimate of drug-likeness (QED) is 0.124. The Morgan fingerprint density at radius 1 is 1.03 bits per heavy atom. The highest BCUT2D eigenvalue weighted by molar-refractivity contribution is 7.86. The van der Waals surface area contributed by atoms with Gasteiger partial charge >= 0.3 is 6.03 Å². The van der Waals surface area contributed by atoms with Gasteiger partial charge in [0, 0.05) is 80.5 Å². The Morgan fingerprint density at radius 3 is 2.38 bits per heavy atom. The molecule has 20 heteroatoms. The van der Waals surface area contributed by atoms with Crippen molar-refractivity contribution in [1.82, 2.24) is 44.7 Å². The van der Waals surface area contributed by atoms with E-state index in [9.17, 15) is 22.8 Å². The van der Waals surface area contributed by atoms with Crippen molar-refractivity contribution >= 4 is 61.3 Å². The predicted octanol–water partition coefficient (Wildman–Crippen LogP) is 4.74. The molecule has 1 aromatic carbocycles. The van der Waals surface area contributed by atoms with E-state index in [1.165, 1.54) is 31.9 Å². The number of fused-ring (bicyclic) bond motifs is 1. The number of urea groups is 1. The minimum absolute atomic E-state index is 0.0286. The van der Waals surface area contributed by atoms with Crippen LogP contribution in [0.1, 0.15) is 81.6 Å². The Bertz CT molecular complexity index is 2410. The first-order chi connectivity index (χ1) is 30.9. The lowest BCUT2D eigenvalue weighted by atomic mass is 9.85. The number of amides is 5. The van der Waals surface area contributed by atoms with E-state index in [1.807, 2.05) is 66.8 Å². The molecule has 1 saturated carbocycles. The zero-order chi connectivity index (χ0) is 48.5. The Balaban J connectivity index is 1.32. The van der Waals surface area contributed by atoms with Crippen LogP contribution in [0.25, 0.3) is 22.3 Å². The van der Waals surface area contributed by atoms with Crippen molar-refractivity contribution in [2.75, 3.05) is 52.2 Å². The van der Waals surface area contributed by atoms with Gasteiger partial charge < -0.3 is 41.0 Å². The normalized spacial score (nSPS) is 23.2. The molecular weight excluding hydrogens is 885 g/mol. The van der Waals surface area contributed by atoms with Crippen LogP contribution in [-0.2, 0) is 24.6 Å². The predicted molar refractivity (Wildman–Crippen MR) is 256 cm³/mol. The Kier molecular flexibility index (Phi) is 15.0. The van der Waals surface area contributed by atoms with Crippen LogP contribution in [0.2, 0.25) is 0 Å². The lowest BCUT2D eigenvalue weighted by molar-refractivity contribution is -0.142. The van der Waals surface area contributed by atoms with Crippen LogP contribution in [0.4, 0.5) is 9.93 Å². The number of methoxy groups -OCH3 is 1. The SMILES string of the molecule is C=CC1C[C@]1(NC(=O)[C@@H]1C[C@@H](Oc2cc(-c3csc(NC(C)C)n3)nc3cc(OC)ccc23)CN1C(=O)[C@@H](NC(=O)NC(CN1CCCN(C)S1(=O)=O)C(C)(C)C)C(C)(C)C)C(=O)NCC. The van der Waals surface area contributed by atoms with Gasteiger partial charge in [-0.1, -0.05) is 47.6 Å². The molecule has 0 radical (unpaired) electrons. The largest absolute Gasteiger partial charge is 0.497 e. The van der Waals surface area contributed by atoms with Gasteiger partial charge in [0.25, 0.3) is 10.2 Å². The number of nitrogens with one attached hydrogen (secondary N) is 5. The summed E-state index contributed by atoms with van der Waals surface area (Å²) in [6.45, 7) is 22.0. The highest BCUT2D eigenvalue weighted by Crippen LogP contribution is 2.45. The van der Waals surface area contributed by atoms with Crippen LogP contribution in [0.15, 0.2) is 42.3 Å². The van der Waals surface area contributed by atoms with Gasteiger partial charge in [0.1, 0.15) is 40.9 Å². The zero-order valence-corrected chi connectivity index (χ0v) is 41.7. The zero-order valence-electron chi connectivity index (χ0n) is 40.1. The fourth-order valence-electron chi connectivity index (χ4n) is 8.41. The number of aromatic nitrogens is 2. The number of thiazole rings is 1. The summed E-state index contributed by atoms with van der Waals surface area (Å²) in [5.41, 5.74) is -0.908. The van der Waals surface area contributed by atoms with Crippen molar-refractivity contribution in [3.8, 4) is 22.9 Å². The molecule has 2 saturated heterocycles. The third kappa shape index (κ3) is 11.0. The van der Waals surface area contributed by atoms with Crippen LogP contribution >= 0.6 is 11.3 Å². The van der Waals surface area contributed by atoms with Crippen molar-refractivity contribution in [2.24, 2.45) is 16.7 Å². The van der Waals surface area contributed by atoms with Gasteiger partial charge in [-0.05, 0) is 56.6 Å². The number of nitrogens with zero attached hydrogens (tertiary/aromatic N) is 5.